The highest BCUT2D eigenvalue weighted by atomic mass is 79.9. The zero-order valence-corrected chi connectivity index (χ0v) is 13.8. The molecule has 0 heterocycles. The lowest BCUT2D eigenvalue weighted by Gasteiger charge is -2.15. The van der Waals surface area contributed by atoms with Gasteiger partial charge in [0.15, 0.2) is 11.6 Å². The van der Waals surface area contributed by atoms with E-state index in [1.54, 1.807) is 12.1 Å². The van der Waals surface area contributed by atoms with E-state index in [1.807, 2.05) is 32.0 Å². The third-order valence-corrected chi connectivity index (χ3v) is 3.83. The van der Waals surface area contributed by atoms with Crippen molar-refractivity contribution < 1.29 is 9.13 Å². The molecule has 0 radical (unpaired) electrons. The second kappa shape index (κ2) is 7.05. The van der Waals surface area contributed by atoms with E-state index < -0.39 is 0 Å². The third-order valence-electron chi connectivity index (χ3n) is 3.34. The van der Waals surface area contributed by atoms with Crippen LogP contribution in [0.3, 0.4) is 0 Å². The minimum atomic E-state index is -0.366. The van der Waals surface area contributed by atoms with Crippen molar-refractivity contribution in [3.8, 4) is 11.5 Å². The van der Waals surface area contributed by atoms with Crippen LogP contribution in [-0.2, 0) is 6.42 Å². The molecule has 0 aliphatic rings. The van der Waals surface area contributed by atoms with Crippen molar-refractivity contribution in [2.75, 3.05) is 0 Å². The zero-order valence-electron chi connectivity index (χ0n) is 12.2. The number of rotatable bonds is 5. The van der Waals surface area contributed by atoms with E-state index in [0.29, 0.717) is 12.2 Å². The Morgan fingerprint density at radius 1 is 1.19 bits per heavy atom. The minimum Gasteiger partial charge on any atom is -0.454 e. The van der Waals surface area contributed by atoms with Gasteiger partial charge in [0, 0.05) is 10.5 Å². The van der Waals surface area contributed by atoms with Crippen LogP contribution in [0.25, 0.3) is 0 Å². The van der Waals surface area contributed by atoms with E-state index in [0.717, 1.165) is 22.0 Å². The van der Waals surface area contributed by atoms with Crippen LogP contribution in [0.15, 0.2) is 40.9 Å². The van der Waals surface area contributed by atoms with Crippen LogP contribution in [0, 0.1) is 12.7 Å². The molecule has 2 N–H and O–H groups in total. The van der Waals surface area contributed by atoms with E-state index in [4.69, 9.17) is 10.5 Å². The highest BCUT2D eigenvalue weighted by Gasteiger charge is 2.12. The molecule has 2 rings (SSSR count). The Bertz CT molecular complexity index is 630. The fourth-order valence-corrected chi connectivity index (χ4v) is 2.45. The van der Waals surface area contributed by atoms with Gasteiger partial charge in [-0.25, -0.2) is 4.39 Å². The Hall–Kier alpha value is -1.39. The molecule has 1 atom stereocenters. The van der Waals surface area contributed by atoms with Crippen LogP contribution in [0.4, 0.5) is 4.39 Å². The van der Waals surface area contributed by atoms with Crippen LogP contribution in [0.5, 0.6) is 11.5 Å². The Morgan fingerprint density at radius 2 is 1.95 bits per heavy atom. The van der Waals surface area contributed by atoms with Gasteiger partial charge in [0.05, 0.1) is 0 Å². The first kappa shape index (κ1) is 16.0. The van der Waals surface area contributed by atoms with Crippen molar-refractivity contribution in [1.82, 2.24) is 0 Å². The summed E-state index contributed by atoms with van der Waals surface area (Å²) >= 11 is 3.45. The maximum Gasteiger partial charge on any atom is 0.165 e. The number of ether oxygens (including phenoxy) is 1. The zero-order chi connectivity index (χ0) is 15.4. The molecule has 1 unspecified atom stereocenters. The van der Waals surface area contributed by atoms with E-state index >= 15 is 0 Å². The predicted molar refractivity (Wildman–Crippen MR) is 87.3 cm³/mol. The van der Waals surface area contributed by atoms with E-state index in [9.17, 15) is 4.39 Å². The molecule has 0 amide bonds. The molecular formula is C17H19BrFNO. The Morgan fingerprint density at radius 3 is 2.67 bits per heavy atom. The molecule has 2 aromatic carbocycles. The Kier molecular flexibility index (Phi) is 5.37. The first-order chi connectivity index (χ1) is 9.99. The average molecular weight is 352 g/mol. The standard InChI is InChI=1S/C17H19BrFNO/c1-3-14(20)10-12-9-13(18)5-7-16(12)21-17-8-11(2)4-6-15(17)19/h4-9,14H,3,10,20H2,1-2H3. The van der Waals surface area contributed by atoms with Gasteiger partial charge >= 0.3 is 0 Å². The molecule has 112 valence electrons. The minimum absolute atomic E-state index is 0.0593. The monoisotopic (exact) mass is 351 g/mol. The molecule has 21 heavy (non-hydrogen) atoms. The Balaban J connectivity index is 2.32. The molecule has 0 aromatic heterocycles. The molecule has 4 heteroatoms. The van der Waals surface area contributed by atoms with Crippen LogP contribution in [0.2, 0.25) is 0 Å². The molecule has 0 aliphatic heterocycles. The highest BCUT2D eigenvalue weighted by molar-refractivity contribution is 9.10. The van der Waals surface area contributed by atoms with Crippen molar-refractivity contribution in [2.24, 2.45) is 5.73 Å². The molecule has 0 saturated carbocycles. The summed E-state index contributed by atoms with van der Waals surface area (Å²) in [5.74, 6) is 0.518. The summed E-state index contributed by atoms with van der Waals surface area (Å²) in [6.45, 7) is 3.95. The fraction of sp³-hybridized carbons (Fsp3) is 0.294. The van der Waals surface area contributed by atoms with Gasteiger partial charge < -0.3 is 10.5 Å². The van der Waals surface area contributed by atoms with Gasteiger partial charge in [0.2, 0.25) is 0 Å². The maximum absolute atomic E-state index is 13.8. The molecule has 0 fully saturated rings. The molecular weight excluding hydrogens is 333 g/mol. The Labute approximate surface area is 133 Å². The van der Waals surface area contributed by atoms with Crippen molar-refractivity contribution in [1.29, 1.82) is 0 Å². The van der Waals surface area contributed by atoms with Crippen LogP contribution in [0.1, 0.15) is 24.5 Å². The topological polar surface area (TPSA) is 35.2 Å². The summed E-state index contributed by atoms with van der Waals surface area (Å²) in [6, 6.07) is 10.6. The third kappa shape index (κ3) is 4.29. The van der Waals surface area contributed by atoms with Gasteiger partial charge in [-0.3, -0.25) is 0 Å². The maximum atomic E-state index is 13.8. The molecule has 0 aliphatic carbocycles. The highest BCUT2D eigenvalue weighted by Crippen LogP contribution is 2.31. The van der Waals surface area contributed by atoms with Gasteiger partial charge in [-0.15, -0.1) is 0 Å². The lowest BCUT2D eigenvalue weighted by molar-refractivity contribution is 0.435. The van der Waals surface area contributed by atoms with Gasteiger partial charge in [0.1, 0.15) is 5.75 Å². The van der Waals surface area contributed by atoms with Crippen molar-refractivity contribution >= 4 is 15.9 Å². The fourth-order valence-electron chi connectivity index (χ4n) is 2.04. The number of nitrogens with two attached hydrogens (primary N) is 1. The number of hydrogen-bond donors (Lipinski definition) is 1. The van der Waals surface area contributed by atoms with Crippen LogP contribution >= 0.6 is 15.9 Å². The van der Waals surface area contributed by atoms with Gasteiger partial charge in [0.25, 0.3) is 0 Å². The number of benzene rings is 2. The lowest BCUT2D eigenvalue weighted by atomic mass is 10.0. The van der Waals surface area contributed by atoms with Gasteiger partial charge in [-0.1, -0.05) is 28.9 Å². The average Bonchev–Trinajstić information content (AvgIpc) is 2.45. The molecule has 2 nitrogen and oxygen atoms in total. The van der Waals surface area contributed by atoms with Crippen LogP contribution < -0.4 is 10.5 Å². The quantitative estimate of drug-likeness (QED) is 0.825. The smallest absolute Gasteiger partial charge is 0.165 e. The summed E-state index contributed by atoms with van der Waals surface area (Å²) < 4.78 is 20.6. The van der Waals surface area contributed by atoms with Crippen molar-refractivity contribution in [3.05, 3.63) is 57.8 Å². The molecule has 0 bridgehead atoms. The molecule has 2 aromatic rings. The summed E-state index contributed by atoms with van der Waals surface area (Å²) in [5, 5.41) is 0. The van der Waals surface area contributed by atoms with Gasteiger partial charge in [-0.2, -0.15) is 0 Å². The number of halogens is 2. The predicted octanol–water partition coefficient (Wildman–Crippen LogP) is 4.97. The first-order valence-corrected chi connectivity index (χ1v) is 7.77. The number of hydrogen-bond acceptors (Lipinski definition) is 2. The van der Waals surface area contributed by atoms with Crippen molar-refractivity contribution in [2.45, 2.75) is 32.7 Å². The van der Waals surface area contributed by atoms with Crippen molar-refractivity contribution in [3.63, 3.8) is 0 Å². The summed E-state index contributed by atoms with van der Waals surface area (Å²) in [4.78, 5) is 0. The normalized spacial score (nSPS) is 12.2. The number of aryl methyl sites for hydroxylation is 1. The molecule has 0 saturated heterocycles. The van der Waals surface area contributed by atoms with E-state index in [2.05, 4.69) is 15.9 Å². The summed E-state index contributed by atoms with van der Waals surface area (Å²) in [7, 11) is 0. The second-order valence-electron chi connectivity index (χ2n) is 5.16. The van der Waals surface area contributed by atoms with Gasteiger partial charge in [-0.05, 0) is 61.2 Å². The lowest BCUT2D eigenvalue weighted by Crippen LogP contribution is -2.21. The second-order valence-corrected chi connectivity index (χ2v) is 6.08. The van der Waals surface area contributed by atoms with E-state index in [1.165, 1.54) is 6.07 Å². The SMILES string of the molecule is CCC(N)Cc1cc(Br)ccc1Oc1cc(C)ccc1F. The summed E-state index contributed by atoms with van der Waals surface area (Å²) in [5.41, 5.74) is 7.95. The van der Waals surface area contributed by atoms with Crippen LogP contribution in [-0.4, -0.2) is 6.04 Å². The van der Waals surface area contributed by atoms with E-state index in [-0.39, 0.29) is 17.6 Å². The summed E-state index contributed by atoms with van der Waals surface area (Å²) in [6.07, 6.45) is 1.57. The largest absolute Gasteiger partial charge is 0.454 e. The first-order valence-electron chi connectivity index (χ1n) is 6.97. The molecule has 0 spiro atoms.